The smallest absolute Gasteiger partial charge is 0.0936 e. The third-order valence-electron chi connectivity index (χ3n) is 2.34. The van der Waals surface area contributed by atoms with Gasteiger partial charge in [0.25, 0.3) is 0 Å². The van der Waals surface area contributed by atoms with Crippen LogP contribution in [0, 0.1) is 11.3 Å². The van der Waals surface area contributed by atoms with Gasteiger partial charge in [-0.05, 0) is 12.8 Å². The van der Waals surface area contributed by atoms with Crippen molar-refractivity contribution in [1.82, 2.24) is 0 Å². The van der Waals surface area contributed by atoms with E-state index in [0.29, 0.717) is 11.8 Å². The molecule has 0 aliphatic rings. The second-order valence-electron chi connectivity index (χ2n) is 3.41. The molecule has 1 atom stereocenters. The van der Waals surface area contributed by atoms with Crippen LogP contribution in [0.15, 0.2) is 0 Å². The van der Waals surface area contributed by atoms with Crippen LogP contribution in [-0.2, 0) is 0 Å². The minimum absolute atomic E-state index is 0.335. The van der Waals surface area contributed by atoms with E-state index >= 15 is 0 Å². The van der Waals surface area contributed by atoms with Gasteiger partial charge in [0.1, 0.15) is 0 Å². The van der Waals surface area contributed by atoms with E-state index in [1.54, 1.807) is 0 Å². The van der Waals surface area contributed by atoms with Crippen molar-refractivity contribution >= 4 is 5.84 Å². The molecule has 0 radical (unpaired) electrons. The van der Waals surface area contributed by atoms with Gasteiger partial charge in [-0.25, -0.2) is 0 Å². The number of rotatable bonds is 7. The highest BCUT2D eigenvalue weighted by molar-refractivity contribution is 5.79. The first-order chi connectivity index (χ1) is 5.72. The molecule has 0 fully saturated rings. The molecule has 0 rings (SSSR count). The zero-order valence-electron chi connectivity index (χ0n) is 8.40. The number of unbranched alkanes of at least 4 members (excludes halogenated alkanes) is 3. The fraction of sp³-hybridized carbons (Fsp3) is 0.900. The Bertz CT molecular complexity index is 121. The van der Waals surface area contributed by atoms with Crippen LogP contribution < -0.4 is 5.73 Å². The Hall–Kier alpha value is -0.530. The standard InChI is InChI=1S/C10H22N2/c1-3-5-6-7-8-9(4-2)10(11)12/h9H,3-8H2,1-2H3,(H3,11,12). The van der Waals surface area contributed by atoms with E-state index in [1.165, 1.54) is 25.7 Å². The summed E-state index contributed by atoms with van der Waals surface area (Å²) in [5, 5.41) is 7.31. The molecule has 0 aromatic heterocycles. The molecule has 3 N–H and O–H groups in total. The van der Waals surface area contributed by atoms with Gasteiger partial charge in [-0.2, -0.15) is 0 Å². The summed E-state index contributed by atoms with van der Waals surface area (Å²) in [5.41, 5.74) is 5.45. The highest BCUT2D eigenvalue weighted by atomic mass is 14.7. The van der Waals surface area contributed by atoms with Crippen molar-refractivity contribution in [3.05, 3.63) is 0 Å². The van der Waals surface area contributed by atoms with Crippen molar-refractivity contribution in [2.75, 3.05) is 0 Å². The third kappa shape index (κ3) is 5.16. The molecule has 2 heteroatoms. The number of hydrogen-bond acceptors (Lipinski definition) is 1. The normalized spacial score (nSPS) is 12.8. The largest absolute Gasteiger partial charge is 0.387 e. The Morgan fingerprint density at radius 3 is 2.33 bits per heavy atom. The average Bonchev–Trinajstić information content (AvgIpc) is 2.04. The van der Waals surface area contributed by atoms with Crippen LogP contribution in [-0.4, -0.2) is 5.84 Å². The Morgan fingerprint density at radius 2 is 1.92 bits per heavy atom. The maximum Gasteiger partial charge on any atom is 0.0936 e. The molecule has 1 unspecified atom stereocenters. The molecule has 0 heterocycles. The van der Waals surface area contributed by atoms with Crippen LogP contribution in [0.1, 0.15) is 52.4 Å². The molecule has 0 aromatic rings. The number of nitrogens with two attached hydrogens (primary N) is 1. The summed E-state index contributed by atoms with van der Waals surface area (Å²) in [4.78, 5) is 0. The van der Waals surface area contributed by atoms with Gasteiger partial charge >= 0.3 is 0 Å². The highest BCUT2D eigenvalue weighted by Crippen LogP contribution is 2.13. The summed E-state index contributed by atoms with van der Waals surface area (Å²) in [7, 11) is 0. The lowest BCUT2D eigenvalue weighted by molar-refractivity contribution is 0.536. The van der Waals surface area contributed by atoms with Gasteiger partial charge in [-0.3, -0.25) is 5.41 Å². The van der Waals surface area contributed by atoms with E-state index in [9.17, 15) is 0 Å². The SMILES string of the molecule is CCCCCCC(CC)C(=N)N. The van der Waals surface area contributed by atoms with Gasteiger partial charge < -0.3 is 5.73 Å². The van der Waals surface area contributed by atoms with Crippen molar-refractivity contribution in [3.8, 4) is 0 Å². The van der Waals surface area contributed by atoms with Gasteiger partial charge in [0.2, 0.25) is 0 Å². The molecular formula is C10H22N2. The van der Waals surface area contributed by atoms with E-state index < -0.39 is 0 Å². The lowest BCUT2D eigenvalue weighted by Gasteiger charge is -2.11. The van der Waals surface area contributed by atoms with Crippen LogP contribution in [0.2, 0.25) is 0 Å². The minimum atomic E-state index is 0.335. The summed E-state index contributed by atoms with van der Waals surface area (Å²) in [5.74, 6) is 0.704. The summed E-state index contributed by atoms with van der Waals surface area (Å²) >= 11 is 0. The van der Waals surface area contributed by atoms with Crippen molar-refractivity contribution in [2.24, 2.45) is 11.7 Å². The molecular weight excluding hydrogens is 148 g/mol. The van der Waals surface area contributed by atoms with Crippen LogP contribution in [0.5, 0.6) is 0 Å². The van der Waals surface area contributed by atoms with Gasteiger partial charge in [-0.15, -0.1) is 0 Å². The lowest BCUT2D eigenvalue weighted by atomic mass is 9.97. The van der Waals surface area contributed by atoms with E-state index in [-0.39, 0.29) is 0 Å². The van der Waals surface area contributed by atoms with Crippen molar-refractivity contribution in [2.45, 2.75) is 52.4 Å². The maximum atomic E-state index is 7.31. The predicted octanol–water partition coefficient (Wildman–Crippen LogP) is 2.92. The Labute approximate surface area is 76.0 Å². The molecule has 72 valence electrons. The van der Waals surface area contributed by atoms with Crippen molar-refractivity contribution < 1.29 is 0 Å². The fourth-order valence-electron chi connectivity index (χ4n) is 1.40. The summed E-state index contributed by atoms with van der Waals surface area (Å²) in [6, 6.07) is 0. The van der Waals surface area contributed by atoms with Gasteiger partial charge in [-0.1, -0.05) is 39.5 Å². The molecule has 0 amide bonds. The summed E-state index contributed by atoms with van der Waals surface area (Å²) < 4.78 is 0. The zero-order valence-corrected chi connectivity index (χ0v) is 8.40. The van der Waals surface area contributed by atoms with Gasteiger partial charge in [0.05, 0.1) is 5.84 Å². The number of nitrogens with one attached hydrogen (secondary N) is 1. The molecule has 0 saturated heterocycles. The summed E-state index contributed by atoms with van der Waals surface area (Å²) in [6.45, 7) is 4.31. The van der Waals surface area contributed by atoms with Gasteiger partial charge in [0.15, 0.2) is 0 Å². The fourth-order valence-corrected chi connectivity index (χ4v) is 1.40. The van der Waals surface area contributed by atoms with Crippen molar-refractivity contribution in [1.29, 1.82) is 5.41 Å². The topological polar surface area (TPSA) is 49.9 Å². The monoisotopic (exact) mass is 170 g/mol. The van der Waals surface area contributed by atoms with Crippen LogP contribution in [0.4, 0.5) is 0 Å². The molecule has 0 bridgehead atoms. The Morgan fingerprint density at radius 1 is 1.25 bits per heavy atom. The molecule has 0 spiro atoms. The first-order valence-corrected chi connectivity index (χ1v) is 5.06. The first-order valence-electron chi connectivity index (χ1n) is 5.06. The minimum Gasteiger partial charge on any atom is -0.387 e. The average molecular weight is 170 g/mol. The Kier molecular flexibility index (Phi) is 6.82. The number of hydrogen-bond donors (Lipinski definition) is 2. The quantitative estimate of drug-likeness (QED) is 0.344. The molecule has 2 nitrogen and oxygen atoms in total. The molecule has 0 aromatic carbocycles. The lowest BCUT2D eigenvalue weighted by Crippen LogP contribution is -2.21. The number of amidine groups is 1. The highest BCUT2D eigenvalue weighted by Gasteiger charge is 2.07. The van der Waals surface area contributed by atoms with Crippen LogP contribution >= 0.6 is 0 Å². The summed E-state index contributed by atoms with van der Waals surface area (Å²) in [6.07, 6.45) is 7.23. The maximum absolute atomic E-state index is 7.31. The predicted molar refractivity (Wildman–Crippen MR) is 54.5 cm³/mol. The molecule has 12 heavy (non-hydrogen) atoms. The molecule has 0 aliphatic heterocycles. The van der Waals surface area contributed by atoms with E-state index in [1.807, 2.05) is 0 Å². The van der Waals surface area contributed by atoms with Crippen LogP contribution in [0.25, 0.3) is 0 Å². The van der Waals surface area contributed by atoms with Crippen molar-refractivity contribution in [3.63, 3.8) is 0 Å². The van der Waals surface area contributed by atoms with Crippen LogP contribution in [0.3, 0.4) is 0 Å². The Balaban J connectivity index is 3.38. The second-order valence-corrected chi connectivity index (χ2v) is 3.41. The van der Waals surface area contributed by atoms with Gasteiger partial charge in [0, 0.05) is 5.92 Å². The molecule has 0 aliphatic carbocycles. The van der Waals surface area contributed by atoms with E-state index in [2.05, 4.69) is 13.8 Å². The first kappa shape index (κ1) is 11.5. The van der Waals surface area contributed by atoms with E-state index in [4.69, 9.17) is 11.1 Å². The third-order valence-corrected chi connectivity index (χ3v) is 2.34. The second kappa shape index (κ2) is 7.14. The molecule has 0 saturated carbocycles. The van der Waals surface area contributed by atoms with E-state index in [0.717, 1.165) is 12.8 Å². The zero-order chi connectivity index (χ0) is 9.40.